The van der Waals surface area contributed by atoms with Crippen LogP contribution in [0, 0.1) is 11.8 Å². The summed E-state index contributed by atoms with van der Waals surface area (Å²) in [6.45, 7) is 10.8. The van der Waals surface area contributed by atoms with E-state index in [1.54, 1.807) is 6.26 Å². The van der Waals surface area contributed by atoms with Crippen LogP contribution in [0.2, 0.25) is 0 Å². The maximum atomic E-state index is 10.4. The molecule has 0 fully saturated rings. The summed E-state index contributed by atoms with van der Waals surface area (Å²) in [5.74, 6) is 0.516. The van der Waals surface area contributed by atoms with Gasteiger partial charge in [-0.05, 0) is 31.3 Å². The Kier molecular flexibility index (Phi) is 5.86. The molecule has 0 aliphatic carbocycles. The number of hydrogen-bond donors (Lipinski definition) is 1. The first kappa shape index (κ1) is 13.5. The zero-order chi connectivity index (χ0) is 11.2. The van der Waals surface area contributed by atoms with Gasteiger partial charge in [0.1, 0.15) is 0 Å². The third-order valence-corrected chi connectivity index (χ3v) is 2.80. The number of hydrogen-bond acceptors (Lipinski definition) is 2. The first-order valence-electron chi connectivity index (χ1n) is 5.44. The van der Waals surface area contributed by atoms with Gasteiger partial charge in [-0.2, -0.15) is 0 Å². The van der Waals surface area contributed by atoms with Gasteiger partial charge in [0, 0.05) is 0 Å². The molecule has 0 rings (SSSR count). The molecule has 0 saturated heterocycles. The van der Waals surface area contributed by atoms with E-state index >= 15 is 0 Å². The number of rotatable bonds is 6. The largest absolute Gasteiger partial charge is 0.502 e. The zero-order valence-corrected chi connectivity index (χ0v) is 10.1. The van der Waals surface area contributed by atoms with Gasteiger partial charge in [-0.25, -0.2) is 0 Å². The van der Waals surface area contributed by atoms with E-state index in [2.05, 4.69) is 27.7 Å². The van der Waals surface area contributed by atoms with Crippen LogP contribution < -0.4 is 0 Å². The molecule has 2 nitrogen and oxygen atoms in total. The molecule has 0 aromatic rings. The fraction of sp³-hybridized carbons (Fsp3) is 0.833. The van der Waals surface area contributed by atoms with E-state index in [-0.39, 0.29) is 11.8 Å². The lowest BCUT2D eigenvalue weighted by atomic mass is 9.78. The lowest BCUT2D eigenvalue weighted by Crippen LogP contribution is -2.40. The second-order valence-electron chi connectivity index (χ2n) is 4.33. The van der Waals surface area contributed by atoms with Crippen LogP contribution >= 0.6 is 0 Å². The van der Waals surface area contributed by atoms with Crippen LogP contribution in [0.1, 0.15) is 41.0 Å². The second-order valence-corrected chi connectivity index (χ2v) is 4.33. The first-order chi connectivity index (χ1) is 6.45. The van der Waals surface area contributed by atoms with Crippen molar-refractivity contribution < 1.29 is 9.84 Å². The Morgan fingerprint density at radius 1 is 1.21 bits per heavy atom. The number of ether oxygens (including phenoxy) is 1. The molecule has 0 aromatic carbocycles. The molecule has 0 radical (unpaired) electrons. The van der Waals surface area contributed by atoms with Crippen molar-refractivity contribution in [2.45, 2.75) is 46.6 Å². The summed E-state index contributed by atoms with van der Waals surface area (Å²) in [5.41, 5.74) is -0.617. The standard InChI is InChI=1S/C12H24O2/c1-6-14-9-7-8-12(13,10(2)3)11(4)5/h7,9-11,13H,6,8H2,1-5H3/b9-7+. The molecule has 0 amide bonds. The average molecular weight is 200 g/mol. The molecule has 0 atom stereocenters. The molecule has 0 aliphatic rings. The van der Waals surface area contributed by atoms with Crippen molar-refractivity contribution in [3.05, 3.63) is 12.3 Å². The highest BCUT2D eigenvalue weighted by Crippen LogP contribution is 2.29. The predicted octanol–water partition coefficient (Wildman–Crippen LogP) is 2.97. The molecule has 84 valence electrons. The Hall–Kier alpha value is -0.500. The van der Waals surface area contributed by atoms with Crippen molar-refractivity contribution in [2.75, 3.05) is 6.61 Å². The highest BCUT2D eigenvalue weighted by Gasteiger charge is 2.33. The molecule has 0 spiro atoms. The van der Waals surface area contributed by atoms with Crippen LogP contribution in [0.15, 0.2) is 12.3 Å². The van der Waals surface area contributed by atoms with Gasteiger partial charge in [0.15, 0.2) is 0 Å². The highest BCUT2D eigenvalue weighted by atomic mass is 16.5. The first-order valence-corrected chi connectivity index (χ1v) is 5.44. The monoisotopic (exact) mass is 200 g/mol. The van der Waals surface area contributed by atoms with Crippen molar-refractivity contribution in [2.24, 2.45) is 11.8 Å². The Balaban J connectivity index is 4.24. The van der Waals surface area contributed by atoms with E-state index in [0.29, 0.717) is 13.0 Å². The third-order valence-electron chi connectivity index (χ3n) is 2.80. The minimum Gasteiger partial charge on any atom is -0.502 e. The van der Waals surface area contributed by atoms with Crippen molar-refractivity contribution in [1.29, 1.82) is 0 Å². The molecule has 0 bridgehead atoms. The van der Waals surface area contributed by atoms with Crippen molar-refractivity contribution in [3.63, 3.8) is 0 Å². The highest BCUT2D eigenvalue weighted by molar-refractivity contribution is 4.92. The van der Waals surface area contributed by atoms with Gasteiger partial charge in [0.05, 0.1) is 18.5 Å². The third kappa shape index (κ3) is 3.70. The van der Waals surface area contributed by atoms with Gasteiger partial charge in [0.2, 0.25) is 0 Å². The molecular formula is C12H24O2. The molecule has 0 heterocycles. The topological polar surface area (TPSA) is 29.5 Å². The maximum Gasteiger partial charge on any atom is 0.0845 e. The van der Waals surface area contributed by atoms with Crippen LogP contribution in [-0.2, 0) is 4.74 Å². The SMILES string of the molecule is CCO/C=C/CC(O)(C(C)C)C(C)C. The van der Waals surface area contributed by atoms with Crippen LogP contribution in [0.3, 0.4) is 0 Å². The van der Waals surface area contributed by atoms with Crippen LogP contribution in [0.25, 0.3) is 0 Å². The lowest BCUT2D eigenvalue weighted by Gasteiger charge is -2.35. The summed E-state index contributed by atoms with van der Waals surface area (Å²) in [6.07, 6.45) is 4.24. The maximum absolute atomic E-state index is 10.4. The summed E-state index contributed by atoms with van der Waals surface area (Å²) in [7, 11) is 0. The van der Waals surface area contributed by atoms with Crippen molar-refractivity contribution in [3.8, 4) is 0 Å². The summed E-state index contributed by atoms with van der Waals surface area (Å²) in [4.78, 5) is 0. The van der Waals surface area contributed by atoms with E-state index in [1.165, 1.54) is 0 Å². The van der Waals surface area contributed by atoms with E-state index in [4.69, 9.17) is 4.74 Å². The summed E-state index contributed by atoms with van der Waals surface area (Å²) in [6, 6.07) is 0. The van der Waals surface area contributed by atoms with Crippen LogP contribution in [0.4, 0.5) is 0 Å². The minimum atomic E-state index is -0.617. The molecular weight excluding hydrogens is 176 g/mol. The molecule has 0 unspecified atom stereocenters. The number of aliphatic hydroxyl groups is 1. The van der Waals surface area contributed by atoms with E-state index < -0.39 is 5.60 Å². The molecule has 0 aliphatic heterocycles. The van der Waals surface area contributed by atoms with Crippen molar-refractivity contribution in [1.82, 2.24) is 0 Å². The molecule has 0 saturated carbocycles. The molecule has 14 heavy (non-hydrogen) atoms. The summed E-state index contributed by atoms with van der Waals surface area (Å²) in [5, 5.41) is 10.4. The van der Waals surface area contributed by atoms with Gasteiger partial charge in [-0.1, -0.05) is 27.7 Å². The Bertz CT molecular complexity index is 163. The van der Waals surface area contributed by atoms with E-state index in [9.17, 15) is 5.11 Å². The minimum absolute atomic E-state index is 0.258. The molecule has 2 heteroatoms. The van der Waals surface area contributed by atoms with Gasteiger partial charge in [-0.15, -0.1) is 0 Å². The quantitative estimate of drug-likeness (QED) is 0.668. The summed E-state index contributed by atoms with van der Waals surface area (Å²) < 4.78 is 5.10. The van der Waals surface area contributed by atoms with Crippen LogP contribution in [0.5, 0.6) is 0 Å². The van der Waals surface area contributed by atoms with Gasteiger partial charge in [0.25, 0.3) is 0 Å². The average Bonchev–Trinajstić information content (AvgIpc) is 2.11. The van der Waals surface area contributed by atoms with Crippen molar-refractivity contribution >= 4 is 0 Å². The predicted molar refractivity (Wildman–Crippen MR) is 60.0 cm³/mol. The smallest absolute Gasteiger partial charge is 0.0845 e. The zero-order valence-electron chi connectivity index (χ0n) is 10.1. The Morgan fingerprint density at radius 3 is 2.07 bits per heavy atom. The van der Waals surface area contributed by atoms with Gasteiger partial charge < -0.3 is 9.84 Å². The molecule has 0 aromatic heterocycles. The Labute approximate surface area is 88.0 Å². The van der Waals surface area contributed by atoms with Gasteiger partial charge in [-0.3, -0.25) is 0 Å². The summed E-state index contributed by atoms with van der Waals surface area (Å²) >= 11 is 0. The second kappa shape index (κ2) is 6.07. The molecule has 1 N–H and O–H groups in total. The van der Waals surface area contributed by atoms with Gasteiger partial charge >= 0.3 is 0 Å². The fourth-order valence-electron chi connectivity index (χ4n) is 1.54. The Morgan fingerprint density at radius 2 is 1.71 bits per heavy atom. The normalized spacial score (nSPS) is 13.1. The van der Waals surface area contributed by atoms with Crippen LogP contribution in [-0.4, -0.2) is 17.3 Å². The fourth-order valence-corrected chi connectivity index (χ4v) is 1.54. The lowest BCUT2D eigenvalue weighted by molar-refractivity contribution is -0.0443. The van der Waals surface area contributed by atoms with E-state index in [1.807, 2.05) is 13.0 Å². The van der Waals surface area contributed by atoms with E-state index in [0.717, 1.165) is 0 Å².